The molecule has 0 radical (unpaired) electrons. The van der Waals surface area contributed by atoms with Crippen LogP contribution < -0.4 is 5.32 Å². The highest BCUT2D eigenvalue weighted by molar-refractivity contribution is 7.09. The Bertz CT molecular complexity index is 975. The van der Waals surface area contributed by atoms with Crippen LogP contribution in [0.25, 0.3) is 6.08 Å². The van der Waals surface area contributed by atoms with Crippen LogP contribution in [0.2, 0.25) is 0 Å². The zero-order chi connectivity index (χ0) is 26.8. The first-order valence-electron chi connectivity index (χ1n) is 12.9. The predicted molar refractivity (Wildman–Crippen MR) is 139 cm³/mol. The Morgan fingerprint density at radius 1 is 1.28 bits per heavy atom. The van der Waals surface area contributed by atoms with Gasteiger partial charge in [-0.25, -0.2) is 4.98 Å². The molecule has 36 heavy (non-hydrogen) atoms. The maximum absolute atomic E-state index is 13.2. The lowest BCUT2D eigenvalue weighted by Crippen LogP contribution is -2.47. The average Bonchev–Trinajstić information content (AvgIpc) is 3.23. The Labute approximate surface area is 218 Å². The smallest absolute Gasteiger partial charge is 0.223 e. The van der Waals surface area contributed by atoms with E-state index in [-0.39, 0.29) is 48.4 Å². The van der Waals surface area contributed by atoms with Crippen LogP contribution in [-0.2, 0) is 20.9 Å². The minimum Gasteiger partial charge on any atom is -0.392 e. The molecular formula is C27H42N2O6S. The van der Waals surface area contributed by atoms with E-state index >= 15 is 0 Å². The maximum Gasteiger partial charge on any atom is 0.223 e. The van der Waals surface area contributed by atoms with E-state index in [9.17, 15) is 24.9 Å². The second-order valence-corrected chi connectivity index (χ2v) is 12.4. The minimum absolute atomic E-state index is 0.0235. The standard InChI is InChI=1S/C27H42N2O6S/c1-15-8-7-9-27(6)21(35-27)11-19(16(2)10-18-14-36-23(13-30)28-18)29-22(32)12-20(31)26(4,5)25(34)17(3)24(15)33/h10,14-15,17,19-21,24,30-31,33H,7-9,11-13H2,1-6H3,(H,29,32)/b16-10+/t15-,17+,19?,20-,21?,24-,27+/m0/s1. The normalized spacial score (nSPS) is 36.8. The monoisotopic (exact) mass is 522 g/mol. The highest BCUT2D eigenvalue weighted by Gasteiger charge is 2.52. The molecule has 4 N–H and O–H groups in total. The lowest BCUT2D eigenvalue weighted by atomic mass is 9.72. The van der Waals surface area contributed by atoms with E-state index in [0.717, 1.165) is 30.5 Å². The average molecular weight is 523 g/mol. The summed E-state index contributed by atoms with van der Waals surface area (Å²) >= 11 is 1.37. The molecule has 0 aliphatic carbocycles. The third kappa shape index (κ3) is 6.61. The number of aromatic nitrogens is 1. The van der Waals surface area contributed by atoms with Crippen LogP contribution in [0.4, 0.5) is 0 Å². The lowest BCUT2D eigenvalue weighted by Gasteiger charge is -2.34. The molecule has 3 rings (SSSR count). The van der Waals surface area contributed by atoms with Gasteiger partial charge in [0.2, 0.25) is 5.91 Å². The quantitative estimate of drug-likeness (QED) is 0.448. The number of ether oxygens (including phenoxy) is 1. The Kier molecular flexibility index (Phi) is 9.15. The molecular weight excluding hydrogens is 480 g/mol. The summed E-state index contributed by atoms with van der Waals surface area (Å²) in [6.45, 7) is 10.8. The molecule has 8 nitrogen and oxygen atoms in total. The number of aliphatic hydroxyl groups excluding tert-OH is 3. The fourth-order valence-corrected chi connectivity index (χ4v) is 5.82. The van der Waals surface area contributed by atoms with Crippen molar-refractivity contribution in [2.75, 3.05) is 0 Å². The molecule has 0 saturated carbocycles. The number of aliphatic hydroxyl groups is 3. The molecule has 2 saturated heterocycles. The zero-order valence-corrected chi connectivity index (χ0v) is 23.1. The van der Waals surface area contributed by atoms with Crippen LogP contribution in [0.15, 0.2) is 11.0 Å². The van der Waals surface area contributed by atoms with Gasteiger partial charge in [-0.3, -0.25) is 9.59 Å². The molecule has 1 aromatic heterocycles. The zero-order valence-electron chi connectivity index (χ0n) is 22.3. The van der Waals surface area contributed by atoms with E-state index in [0.29, 0.717) is 11.4 Å². The van der Waals surface area contributed by atoms with Crippen LogP contribution in [0.5, 0.6) is 0 Å². The van der Waals surface area contributed by atoms with Gasteiger partial charge >= 0.3 is 0 Å². The fourth-order valence-electron chi connectivity index (χ4n) is 5.21. The summed E-state index contributed by atoms with van der Waals surface area (Å²) in [5.41, 5.74) is 0.135. The van der Waals surface area contributed by atoms with Crippen LogP contribution >= 0.6 is 11.3 Å². The van der Waals surface area contributed by atoms with Crippen molar-refractivity contribution in [1.29, 1.82) is 0 Å². The molecule has 2 unspecified atom stereocenters. The Morgan fingerprint density at radius 2 is 1.97 bits per heavy atom. The molecule has 7 atom stereocenters. The largest absolute Gasteiger partial charge is 0.392 e. The van der Waals surface area contributed by atoms with Crippen LogP contribution in [0.3, 0.4) is 0 Å². The number of thiazole rings is 1. The number of nitrogens with one attached hydrogen (secondary N) is 1. The van der Waals surface area contributed by atoms with Gasteiger partial charge < -0.3 is 25.4 Å². The molecule has 0 aromatic carbocycles. The Hall–Kier alpha value is -1.65. The number of amides is 1. The second kappa shape index (κ2) is 11.4. The third-order valence-electron chi connectivity index (χ3n) is 8.14. The van der Waals surface area contributed by atoms with Gasteiger partial charge in [0.1, 0.15) is 10.8 Å². The number of Topliss-reactive ketones (excluding diaryl/α,β-unsaturated/α-hetero) is 1. The number of epoxide rings is 1. The highest BCUT2D eigenvalue weighted by Crippen LogP contribution is 2.44. The number of rotatable bonds is 3. The first-order valence-corrected chi connectivity index (χ1v) is 13.8. The summed E-state index contributed by atoms with van der Waals surface area (Å²) < 4.78 is 6.08. The molecule has 0 bridgehead atoms. The van der Waals surface area contributed by atoms with E-state index in [1.54, 1.807) is 20.8 Å². The number of hydrogen-bond donors (Lipinski definition) is 4. The van der Waals surface area contributed by atoms with Gasteiger partial charge in [-0.05, 0) is 44.3 Å². The summed E-state index contributed by atoms with van der Waals surface area (Å²) in [5, 5.41) is 36.6. The van der Waals surface area contributed by atoms with Crippen LogP contribution in [0, 0.1) is 17.3 Å². The molecule has 1 amide bonds. The maximum atomic E-state index is 13.2. The summed E-state index contributed by atoms with van der Waals surface area (Å²) in [5.74, 6) is -1.33. The third-order valence-corrected chi connectivity index (χ3v) is 8.99. The van der Waals surface area contributed by atoms with Crippen molar-refractivity contribution < 1.29 is 29.6 Å². The number of fused-ring (bicyclic) bond motifs is 1. The first-order chi connectivity index (χ1) is 16.8. The van der Waals surface area contributed by atoms with E-state index in [2.05, 4.69) is 17.2 Å². The number of ketones is 1. The Morgan fingerprint density at radius 3 is 2.61 bits per heavy atom. The van der Waals surface area contributed by atoms with Crippen molar-refractivity contribution in [3.8, 4) is 0 Å². The summed E-state index contributed by atoms with van der Waals surface area (Å²) in [7, 11) is 0. The van der Waals surface area contributed by atoms with E-state index < -0.39 is 23.5 Å². The van der Waals surface area contributed by atoms with E-state index in [1.165, 1.54) is 11.3 Å². The lowest BCUT2D eigenvalue weighted by molar-refractivity contribution is -0.143. The van der Waals surface area contributed by atoms with Gasteiger partial charge in [-0.2, -0.15) is 0 Å². The summed E-state index contributed by atoms with van der Waals surface area (Å²) in [4.78, 5) is 30.7. The van der Waals surface area contributed by atoms with E-state index in [1.807, 2.05) is 25.3 Å². The number of hydrogen-bond acceptors (Lipinski definition) is 8. The van der Waals surface area contributed by atoms with Crippen molar-refractivity contribution in [2.45, 2.75) is 110 Å². The summed E-state index contributed by atoms with van der Waals surface area (Å²) in [6, 6.07) is -0.331. The SMILES string of the molecule is C/C(=C\c1csc(CO)n1)C1CC2O[C@]2(C)CCC[C@H](C)[C@H](O)[C@@H](C)C(=O)C(C)(C)[C@@H](O)CC(=O)N1. The molecule has 1 aromatic rings. The van der Waals surface area contributed by atoms with Crippen LogP contribution in [-0.4, -0.2) is 61.9 Å². The molecule has 9 heteroatoms. The molecule has 2 fully saturated rings. The van der Waals surface area contributed by atoms with Crippen LogP contribution in [0.1, 0.15) is 84.3 Å². The second-order valence-electron chi connectivity index (χ2n) is 11.4. The van der Waals surface area contributed by atoms with Crippen molar-refractivity contribution >= 4 is 29.1 Å². The molecule has 0 spiro atoms. The molecule has 202 valence electrons. The number of nitrogens with zero attached hydrogens (tertiary/aromatic N) is 1. The topological polar surface area (TPSA) is 132 Å². The van der Waals surface area contributed by atoms with Crippen molar-refractivity contribution in [1.82, 2.24) is 10.3 Å². The van der Waals surface area contributed by atoms with E-state index in [4.69, 9.17) is 4.74 Å². The fraction of sp³-hybridized carbons (Fsp3) is 0.741. The molecule has 3 heterocycles. The molecule has 2 aliphatic heterocycles. The van der Waals surface area contributed by atoms with Crippen molar-refractivity contribution in [3.05, 3.63) is 21.7 Å². The first kappa shape index (κ1) is 28.9. The highest BCUT2D eigenvalue weighted by atomic mass is 32.1. The number of carbonyl (C=O) groups excluding carboxylic acids is 2. The van der Waals surface area contributed by atoms with Crippen molar-refractivity contribution in [3.63, 3.8) is 0 Å². The van der Waals surface area contributed by atoms with Gasteiger partial charge in [-0.15, -0.1) is 11.3 Å². The minimum atomic E-state index is -1.19. The van der Waals surface area contributed by atoms with Gasteiger partial charge in [-0.1, -0.05) is 34.1 Å². The van der Waals surface area contributed by atoms with Gasteiger partial charge in [0.15, 0.2) is 0 Å². The summed E-state index contributed by atoms with van der Waals surface area (Å²) in [6.07, 6.45) is 2.67. The predicted octanol–water partition coefficient (Wildman–Crippen LogP) is 3.23. The number of carbonyl (C=O) groups is 2. The van der Waals surface area contributed by atoms with Gasteiger partial charge in [0.05, 0.1) is 54.1 Å². The van der Waals surface area contributed by atoms with Gasteiger partial charge in [0.25, 0.3) is 0 Å². The van der Waals surface area contributed by atoms with Gasteiger partial charge in [0, 0.05) is 17.7 Å². The molecule has 2 aliphatic rings. The Balaban J connectivity index is 1.85. The van der Waals surface area contributed by atoms with Crippen molar-refractivity contribution in [2.24, 2.45) is 17.3 Å².